The standard InChI is InChI=1S/C25H23FN2OS/c1-3-30-18-7-9-23(29-24-8-6-17(13-22(24)26)16-4-5-16)21(14-18)20-12-15(2)28-25-19(20)10-11-27-25/h6-14,16H,3-5H2,1-2H3,(H,27,28). The Balaban J connectivity index is 1.61. The molecule has 2 aromatic heterocycles. The van der Waals surface area contributed by atoms with E-state index >= 15 is 0 Å². The van der Waals surface area contributed by atoms with Gasteiger partial charge in [0.05, 0.1) is 0 Å². The van der Waals surface area contributed by atoms with Gasteiger partial charge in [-0.05, 0) is 85.0 Å². The number of benzene rings is 2. The summed E-state index contributed by atoms with van der Waals surface area (Å²) in [5, 5.41) is 1.02. The van der Waals surface area contributed by atoms with E-state index in [9.17, 15) is 4.39 Å². The number of hydrogen-bond acceptors (Lipinski definition) is 3. The van der Waals surface area contributed by atoms with E-state index in [0.717, 1.165) is 56.9 Å². The molecular formula is C25H23FN2OS. The molecule has 0 bridgehead atoms. The van der Waals surface area contributed by atoms with Crippen LogP contribution in [0.4, 0.5) is 4.39 Å². The van der Waals surface area contributed by atoms with E-state index in [1.807, 2.05) is 37.4 Å². The van der Waals surface area contributed by atoms with Crippen LogP contribution in [0.15, 0.2) is 59.6 Å². The molecule has 1 aliphatic carbocycles. The highest BCUT2D eigenvalue weighted by molar-refractivity contribution is 7.99. The average molecular weight is 419 g/mol. The van der Waals surface area contributed by atoms with Crippen molar-refractivity contribution in [3.63, 3.8) is 0 Å². The van der Waals surface area contributed by atoms with Crippen LogP contribution in [-0.2, 0) is 0 Å². The first-order valence-corrected chi connectivity index (χ1v) is 11.3. The molecule has 0 aliphatic heterocycles. The summed E-state index contributed by atoms with van der Waals surface area (Å²) in [6.07, 6.45) is 4.19. The van der Waals surface area contributed by atoms with Gasteiger partial charge in [0.1, 0.15) is 11.4 Å². The molecule has 3 nitrogen and oxygen atoms in total. The summed E-state index contributed by atoms with van der Waals surface area (Å²) in [6, 6.07) is 15.5. The number of ether oxygens (including phenoxy) is 1. The molecule has 0 radical (unpaired) electrons. The molecule has 152 valence electrons. The molecular weight excluding hydrogens is 395 g/mol. The van der Waals surface area contributed by atoms with Crippen molar-refractivity contribution in [1.29, 1.82) is 0 Å². The lowest BCUT2D eigenvalue weighted by molar-refractivity contribution is 0.443. The Morgan fingerprint density at radius 2 is 1.90 bits per heavy atom. The van der Waals surface area contributed by atoms with E-state index in [4.69, 9.17) is 4.74 Å². The SMILES string of the molecule is CCSc1ccc(Oc2ccc(C3CC3)cc2F)c(-c2cc(C)nc3[nH]ccc23)c1. The van der Waals surface area contributed by atoms with E-state index in [0.29, 0.717) is 11.7 Å². The molecule has 0 unspecified atom stereocenters. The van der Waals surface area contributed by atoms with Crippen molar-refractivity contribution in [1.82, 2.24) is 9.97 Å². The molecule has 1 fully saturated rings. The molecule has 0 saturated heterocycles. The number of aryl methyl sites for hydroxylation is 1. The van der Waals surface area contributed by atoms with Crippen LogP contribution in [0.1, 0.15) is 36.9 Å². The second kappa shape index (κ2) is 7.80. The Morgan fingerprint density at radius 1 is 1.07 bits per heavy atom. The largest absolute Gasteiger partial charge is 0.454 e. The van der Waals surface area contributed by atoms with Crippen LogP contribution in [0.25, 0.3) is 22.2 Å². The van der Waals surface area contributed by atoms with E-state index in [1.165, 1.54) is 0 Å². The van der Waals surface area contributed by atoms with E-state index in [2.05, 4.69) is 29.0 Å². The minimum Gasteiger partial charge on any atom is -0.454 e. The summed E-state index contributed by atoms with van der Waals surface area (Å²) in [5.41, 5.74) is 4.79. The molecule has 0 spiro atoms. The third-order valence-electron chi connectivity index (χ3n) is 5.43. The highest BCUT2D eigenvalue weighted by atomic mass is 32.2. The zero-order chi connectivity index (χ0) is 20.7. The maximum atomic E-state index is 14.8. The predicted molar refractivity (Wildman–Crippen MR) is 121 cm³/mol. The molecule has 1 N–H and O–H groups in total. The minimum absolute atomic E-state index is 0.257. The normalized spacial score (nSPS) is 13.7. The monoisotopic (exact) mass is 418 g/mol. The summed E-state index contributed by atoms with van der Waals surface area (Å²) in [5.74, 6) is 2.08. The molecule has 4 aromatic rings. The van der Waals surface area contributed by atoms with E-state index in [-0.39, 0.29) is 11.6 Å². The van der Waals surface area contributed by atoms with Gasteiger partial charge in [-0.1, -0.05) is 13.0 Å². The van der Waals surface area contributed by atoms with Gasteiger partial charge in [0.25, 0.3) is 0 Å². The van der Waals surface area contributed by atoms with Crippen LogP contribution in [0, 0.1) is 12.7 Å². The molecule has 2 aromatic carbocycles. The van der Waals surface area contributed by atoms with Crippen molar-refractivity contribution in [2.24, 2.45) is 0 Å². The van der Waals surface area contributed by atoms with Gasteiger partial charge in [-0.2, -0.15) is 0 Å². The number of nitrogens with one attached hydrogen (secondary N) is 1. The molecule has 5 heteroatoms. The lowest BCUT2D eigenvalue weighted by atomic mass is 10.0. The molecule has 0 amide bonds. The fourth-order valence-electron chi connectivity index (χ4n) is 3.84. The number of thioether (sulfide) groups is 1. The molecule has 0 atom stereocenters. The van der Waals surface area contributed by atoms with Crippen molar-refractivity contribution in [2.45, 2.75) is 37.5 Å². The summed E-state index contributed by atoms with van der Waals surface area (Å²) in [4.78, 5) is 8.93. The summed E-state index contributed by atoms with van der Waals surface area (Å²) in [6.45, 7) is 4.11. The van der Waals surface area contributed by atoms with Gasteiger partial charge in [0, 0.05) is 27.7 Å². The average Bonchev–Trinajstić information content (AvgIpc) is 3.48. The third kappa shape index (κ3) is 3.70. The second-order valence-corrected chi connectivity index (χ2v) is 9.05. The van der Waals surface area contributed by atoms with Crippen molar-refractivity contribution in [3.8, 4) is 22.6 Å². The predicted octanol–water partition coefficient (Wildman–Crippen LogP) is 7.46. The van der Waals surface area contributed by atoms with Gasteiger partial charge in [0.2, 0.25) is 0 Å². The lowest BCUT2D eigenvalue weighted by Crippen LogP contribution is -1.94. The number of H-pyrrole nitrogens is 1. The van der Waals surface area contributed by atoms with Gasteiger partial charge in [0.15, 0.2) is 11.6 Å². The fourth-order valence-corrected chi connectivity index (χ4v) is 4.54. The number of pyridine rings is 1. The van der Waals surface area contributed by atoms with Gasteiger partial charge < -0.3 is 9.72 Å². The molecule has 1 aliphatic rings. The van der Waals surface area contributed by atoms with Crippen LogP contribution in [-0.4, -0.2) is 15.7 Å². The zero-order valence-electron chi connectivity index (χ0n) is 17.0. The summed E-state index contributed by atoms with van der Waals surface area (Å²) >= 11 is 1.77. The minimum atomic E-state index is -0.310. The van der Waals surface area contributed by atoms with Crippen LogP contribution < -0.4 is 4.74 Å². The van der Waals surface area contributed by atoms with Gasteiger partial charge in [-0.25, -0.2) is 9.37 Å². The Hall–Kier alpha value is -2.79. The van der Waals surface area contributed by atoms with Crippen molar-refractivity contribution in [2.75, 3.05) is 5.75 Å². The first kappa shape index (κ1) is 19.2. The molecule has 5 rings (SSSR count). The Labute approximate surface area is 179 Å². The van der Waals surface area contributed by atoms with Crippen LogP contribution in [0.2, 0.25) is 0 Å². The number of hydrogen-bond donors (Lipinski definition) is 1. The highest BCUT2D eigenvalue weighted by Crippen LogP contribution is 2.43. The third-order valence-corrected chi connectivity index (χ3v) is 6.31. The summed E-state index contributed by atoms with van der Waals surface area (Å²) < 4.78 is 20.9. The van der Waals surface area contributed by atoms with Gasteiger partial charge in [-0.15, -0.1) is 11.8 Å². The number of halogens is 1. The van der Waals surface area contributed by atoms with Crippen LogP contribution in [0.3, 0.4) is 0 Å². The Bertz CT molecular complexity index is 1230. The molecule has 2 heterocycles. The first-order chi connectivity index (χ1) is 14.6. The first-order valence-electron chi connectivity index (χ1n) is 10.3. The van der Waals surface area contributed by atoms with Gasteiger partial charge >= 0.3 is 0 Å². The smallest absolute Gasteiger partial charge is 0.166 e. The zero-order valence-corrected chi connectivity index (χ0v) is 17.9. The number of aromatic amines is 1. The van der Waals surface area contributed by atoms with E-state index < -0.39 is 0 Å². The van der Waals surface area contributed by atoms with E-state index in [1.54, 1.807) is 23.9 Å². The number of rotatable bonds is 6. The maximum Gasteiger partial charge on any atom is 0.166 e. The van der Waals surface area contributed by atoms with Gasteiger partial charge in [-0.3, -0.25) is 0 Å². The van der Waals surface area contributed by atoms with Crippen molar-refractivity contribution >= 4 is 22.8 Å². The number of fused-ring (bicyclic) bond motifs is 1. The van der Waals surface area contributed by atoms with Crippen molar-refractivity contribution < 1.29 is 9.13 Å². The Morgan fingerprint density at radius 3 is 2.67 bits per heavy atom. The lowest BCUT2D eigenvalue weighted by Gasteiger charge is -2.15. The second-order valence-electron chi connectivity index (χ2n) is 7.71. The summed E-state index contributed by atoms with van der Waals surface area (Å²) in [7, 11) is 0. The van der Waals surface area contributed by atoms with Crippen LogP contribution >= 0.6 is 11.8 Å². The fraction of sp³-hybridized carbons (Fsp3) is 0.240. The number of nitrogens with zero attached hydrogens (tertiary/aromatic N) is 1. The highest BCUT2D eigenvalue weighted by Gasteiger charge is 2.24. The number of aromatic nitrogens is 2. The topological polar surface area (TPSA) is 37.9 Å². The molecule has 30 heavy (non-hydrogen) atoms. The van der Waals surface area contributed by atoms with Crippen molar-refractivity contribution in [3.05, 3.63) is 71.8 Å². The molecule has 1 saturated carbocycles. The Kier molecular flexibility index (Phi) is 4.99. The quantitative estimate of drug-likeness (QED) is 0.330. The maximum absolute atomic E-state index is 14.8. The van der Waals surface area contributed by atoms with Crippen LogP contribution in [0.5, 0.6) is 11.5 Å².